The van der Waals surface area contributed by atoms with Crippen molar-refractivity contribution in [1.82, 2.24) is 0 Å². The van der Waals surface area contributed by atoms with E-state index in [2.05, 4.69) is 12.6 Å². The molecule has 0 bridgehead atoms. The first-order valence-electron chi connectivity index (χ1n) is 6.35. The van der Waals surface area contributed by atoms with Crippen molar-refractivity contribution in [2.75, 3.05) is 17.7 Å². The zero-order valence-electron chi connectivity index (χ0n) is 11.3. The van der Waals surface area contributed by atoms with Crippen molar-refractivity contribution >= 4 is 24.2 Å². The number of nitrogens with zero attached hydrogens (tertiary/aromatic N) is 1. The topological polar surface area (TPSA) is 20.3 Å². The maximum atomic E-state index is 12.4. The van der Waals surface area contributed by atoms with E-state index in [-0.39, 0.29) is 0 Å². The van der Waals surface area contributed by atoms with Gasteiger partial charge in [0, 0.05) is 12.7 Å². The molecule has 0 spiro atoms. The average molecular weight is 303 g/mol. The highest BCUT2D eigenvalue weighted by Gasteiger charge is 2.42. The number of hydrogen-bond donors (Lipinski definition) is 1. The number of alkyl halides is 3. The summed E-state index contributed by atoms with van der Waals surface area (Å²) in [5.74, 6) is -0.610. The summed E-state index contributed by atoms with van der Waals surface area (Å²) in [6.07, 6.45) is -3.04. The van der Waals surface area contributed by atoms with Gasteiger partial charge in [0.1, 0.15) is 0 Å². The van der Waals surface area contributed by atoms with E-state index < -0.39 is 12.1 Å². The van der Waals surface area contributed by atoms with Crippen molar-refractivity contribution < 1.29 is 18.0 Å². The number of rotatable bonds is 3. The van der Waals surface area contributed by atoms with Crippen LogP contribution in [0.3, 0.4) is 0 Å². The van der Waals surface area contributed by atoms with E-state index in [1.54, 1.807) is 12.1 Å². The first kappa shape index (κ1) is 15.2. The Morgan fingerprint density at radius 1 is 1.45 bits per heavy atom. The number of carbonyl (C=O) groups is 1. The van der Waals surface area contributed by atoms with E-state index in [1.807, 2.05) is 6.92 Å². The van der Waals surface area contributed by atoms with Gasteiger partial charge in [-0.25, -0.2) is 0 Å². The molecule has 0 saturated carbocycles. The maximum absolute atomic E-state index is 12.4. The molecule has 1 aromatic rings. The Kier molecular flexibility index (Phi) is 4.04. The van der Waals surface area contributed by atoms with Crippen LogP contribution >= 0.6 is 12.6 Å². The van der Waals surface area contributed by atoms with Crippen LogP contribution < -0.4 is 4.90 Å². The van der Waals surface area contributed by atoms with Gasteiger partial charge in [-0.1, -0.05) is 0 Å². The molecule has 0 heterocycles. The highest BCUT2D eigenvalue weighted by atomic mass is 32.1. The van der Waals surface area contributed by atoms with Crippen LogP contribution in [0, 0.1) is 6.92 Å². The number of halogens is 3. The monoisotopic (exact) mass is 303 g/mol. The summed E-state index contributed by atoms with van der Waals surface area (Å²) in [6.45, 7) is 1.87. The van der Waals surface area contributed by atoms with Crippen molar-refractivity contribution in [2.24, 2.45) is 0 Å². The number of benzene rings is 1. The number of anilines is 1. The van der Waals surface area contributed by atoms with Gasteiger partial charge in [-0.15, -0.1) is 0 Å². The number of fused-ring (bicyclic) bond motifs is 1. The smallest absolute Gasteiger partial charge is 0.308 e. The second-order valence-corrected chi connectivity index (χ2v) is 5.56. The molecule has 20 heavy (non-hydrogen) atoms. The molecule has 6 heteroatoms. The molecule has 1 unspecified atom stereocenters. The third-order valence-corrected chi connectivity index (χ3v) is 4.00. The molecule has 1 atom stereocenters. The first-order valence-corrected chi connectivity index (χ1v) is 6.98. The SMILES string of the molecule is Cc1cc(N(C)C(=O)C(F)(F)F)cc2c1C(CCS)C2. The standard InChI is InChI=1S/C14H16F3NOS/c1-8-5-11(18(2)13(19)14(15,16)17)7-10-6-9(3-4-20)12(8)10/h5,7,9,20H,3-4,6H2,1-2H3. The van der Waals surface area contributed by atoms with E-state index in [9.17, 15) is 18.0 Å². The molecular weight excluding hydrogens is 287 g/mol. The van der Waals surface area contributed by atoms with E-state index in [4.69, 9.17) is 0 Å². The summed E-state index contributed by atoms with van der Waals surface area (Å²) >= 11 is 4.21. The molecular formula is C14H16F3NOS. The van der Waals surface area contributed by atoms with Crippen molar-refractivity contribution in [3.8, 4) is 0 Å². The summed E-state index contributed by atoms with van der Waals surface area (Å²) in [5.41, 5.74) is 3.48. The Morgan fingerprint density at radius 2 is 2.10 bits per heavy atom. The molecule has 1 aliphatic rings. The summed E-state index contributed by atoms with van der Waals surface area (Å²) in [5, 5.41) is 0. The lowest BCUT2D eigenvalue weighted by Gasteiger charge is -2.33. The molecule has 0 aromatic heterocycles. The van der Waals surface area contributed by atoms with Crippen LogP contribution in [-0.4, -0.2) is 24.9 Å². The summed E-state index contributed by atoms with van der Waals surface area (Å²) in [4.78, 5) is 11.9. The van der Waals surface area contributed by atoms with Crippen LogP contribution in [0.5, 0.6) is 0 Å². The number of amides is 1. The molecule has 0 radical (unpaired) electrons. The van der Waals surface area contributed by atoms with Crippen molar-refractivity contribution in [1.29, 1.82) is 0 Å². The van der Waals surface area contributed by atoms with Gasteiger partial charge in [0.15, 0.2) is 0 Å². The highest BCUT2D eigenvalue weighted by Crippen LogP contribution is 2.42. The molecule has 2 rings (SSSR count). The number of aryl methyl sites for hydroxylation is 1. The molecule has 0 fully saturated rings. The number of thiol groups is 1. The predicted molar refractivity (Wildman–Crippen MR) is 75.6 cm³/mol. The molecule has 1 aromatic carbocycles. The number of hydrogen-bond acceptors (Lipinski definition) is 2. The molecule has 110 valence electrons. The third kappa shape index (κ3) is 2.66. The fourth-order valence-electron chi connectivity index (χ4n) is 2.74. The van der Waals surface area contributed by atoms with Crippen LogP contribution in [0.25, 0.3) is 0 Å². The number of carbonyl (C=O) groups excluding carboxylic acids is 1. The van der Waals surface area contributed by atoms with Crippen LogP contribution in [-0.2, 0) is 11.2 Å². The maximum Gasteiger partial charge on any atom is 0.471 e. The minimum Gasteiger partial charge on any atom is -0.308 e. The fourth-order valence-corrected chi connectivity index (χ4v) is 3.06. The first-order chi connectivity index (χ1) is 9.25. The molecule has 1 amide bonds. The zero-order chi connectivity index (χ0) is 15.1. The summed E-state index contributed by atoms with van der Waals surface area (Å²) in [6, 6.07) is 3.33. The third-order valence-electron chi connectivity index (χ3n) is 3.74. The highest BCUT2D eigenvalue weighted by molar-refractivity contribution is 7.80. The second kappa shape index (κ2) is 5.31. The van der Waals surface area contributed by atoms with Gasteiger partial charge in [0.25, 0.3) is 0 Å². The van der Waals surface area contributed by atoms with Crippen molar-refractivity contribution in [3.63, 3.8) is 0 Å². The lowest BCUT2D eigenvalue weighted by atomic mass is 9.73. The van der Waals surface area contributed by atoms with Crippen LogP contribution in [0.2, 0.25) is 0 Å². The van der Waals surface area contributed by atoms with Crippen LogP contribution in [0.1, 0.15) is 29.0 Å². The van der Waals surface area contributed by atoms with Gasteiger partial charge in [-0.3, -0.25) is 4.79 Å². The van der Waals surface area contributed by atoms with Gasteiger partial charge in [0.2, 0.25) is 0 Å². The quantitative estimate of drug-likeness (QED) is 0.848. The average Bonchev–Trinajstić information content (AvgIpc) is 2.32. The van der Waals surface area contributed by atoms with Crippen molar-refractivity contribution in [3.05, 3.63) is 28.8 Å². The molecule has 2 nitrogen and oxygen atoms in total. The molecule has 0 N–H and O–H groups in total. The van der Waals surface area contributed by atoms with Gasteiger partial charge < -0.3 is 4.90 Å². The van der Waals surface area contributed by atoms with E-state index >= 15 is 0 Å². The largest absolute Gasteiger partial charge is 0.471 e. The Bertz CT molecular complexity index is 525. The minimum atomic E-state index is -4.85. The van der Waals surface area contributed by atoms with Gasteiger partial charge in [-0.05, 0) is 60.3 Å². The van der Waals surface area contributed by atoms with Crippen LogP contribution in [0.15, 0.2) is 12.1 Å². The molecule has 0 saturated heterocycles. The van der Waals surface area contributed by atoms with Crippen molar-refractivity contribution in [2.45, 2.75) is 31.9 Å². The molecule has 0 aliphatic heterocycles. The Morgan fingerprint density at radius 3 is 2.60 bits per heavy atom. The summed E-state index contributed by atoms with van der Waals surface area (Å²) in [7, 11) is 1.15. The molecule has 1 aliphatic carbocycles. The Balaban J connectivity index is 2.27. The predicted octanol–water partition coefficient (Wildman–Crippen LogP) is 3.48. The Hall–Kier alpha value is -1.17. The van der Waals surface area contributed by atoms with E-state index in [0.717, 1.165) is 36.8 Å². The lowest BCUT2D eigenvalue weighted by molar-refractivity contribution is -0.170. The Labute approximate surface area is 121 Å². The van der Waals surface area contributed by atoms with Gasteiger partial charge in [0.05, 0.1) is 0 Å². The normalized spacial score (nSPS) is 17.4. The summed E-state index contributed by atoms with van der Waals surface area (Å²) < 4.78 is 37.3. The lowest BCUT2D eigenvalue weighted by Crippen LogP contribution is -2.38. The minimum absolute atomic E-state index is 0.299. The van der Waals surface area contributed by atoms with Gasteiger partial charge in [-0.2, -0.15) is 25.8 Å². The van der Waals surface area contributed by atoms with Crippen LogP contribution in [0.4, 0.5) is 18.9 Å². The fraction of sp³-hybridized carbons (Fsp3) is 0.500. The van der Waals surface area contributed by atoms with E-state index in [1.165, 1.54) is 5.56 Å². The van der Waals surface area contributed by atoms with E-state index in [0.29, 0.717) is 16.5 Å². The zero-order valence-corrected chi connectivity index (χ0v) is 12.2. The van der Waals surface area contributed by atoms with Gasteiger partial charge >= 0.3 is 12.1 Å². The second-order valence-electron chi connectivity index (χ2n) is 5.11.